The van der Waals surface area contributed by atoms with E-state index in [0.717, 1.165) is 85.2 Å². The molecule has 0 bridgehead atoms. The molecule has 4 fully saturated rings. The molecule has 0 atom stereocenters. The number of anilines is 10. The van der Waals surface area contributed by atoms with Crippen molar-refractivity contribution in [2.45, 2.75) is 104 Å². The zero-order valence-electron chi connectivity index (χ0n) is 49.0. The van der Waals surface area contributed by atoms with E-state index < -0.39 is 19.9 Å². The summed E-state index contributed by atoms with van der Waals surface area (Å²) in [7, 11) is -1.85. The van der Waals surface area contributed by atoms with Crippen LogP contribution in [-0.4, -0.2) is 111 Å². The van der Waals surface area contributed by atoms with E-state index in [9.17, 15) is 13.9 Å². The number of nitrogens with one attached hydrogen (secondary N) is 5. The molecule has 2 aromatic heterocycles. The quantitative estimate of drug-likeness (QED) is 0.0526. The Morgan fingerprint density at radius 1 is 0.617 bits per heavy atom. The molecule has 81 heavy (non-hydrogen) atoms. The Kier molecular flexibility index (Phi) is 17.4. The largest absolute Gasteiger partial charge is 0.491 e. The Morgan fingerprint density at radius 2 is 1.02 bits per heavy atom. The fourth-order valence-corrected chi connectivity index (χ4v) is 14.3. The molecule has 6 aromatic rings. The number of carbonyl (C=O) groups is 1. The highest BCUT2D eigenvalue weighted by Crippen LogP contribution is 2.51. The number of aryl methyl sites for hydroxylation is 2. The first-order valence-electron chi connectivity index (χ1n) is 28.1. The summed E-state index contributed by atoms with van der Waals surface area (Å²) in [5.74, 6) is 2.86. The molecule has 1 amide bonds. The number of nitrogens with two attached hydrogens (primary N) is 1. The molecule has 0 unspecified atom stereocenters. The maximum Gasteiger partial charge on any atom is 0.407 e. The Balaban J connectivity index is 0.000000198. The zero-order valence-corrected chi connectivity index (χ0v) is 50.8. The summed E-state index contributed by atoms with van der Waals surface area (Å²) in [5, 5.41) is 17.8. The molecule has 4 aromatic carbocycles. The van der Waals surface area contributed by atoms with Gasteiger partial charge in [-0.15, -0.1) is 0 Å². The Labute approximate surface area is 478 Å². The van der Waals surface area contributed by atoms with Crippen LogP contribution in [0.2, 0.25) is 0 Å². The molecule has 10 rings (SSSR count). The molecule has 2 aliphatic heterocycles. The molecule has 7 N–H and O–H groups in total. The maximum absolute atomic E-state index is 12.9. The molecule has 2 spiro atoms. The molecule has 2 saturated carbocycles. The number of methoxy groups -OCH3 is 2. The summed E-state index contributed by atoms with van der Waals surface area (Å²) < 4.78 is 42.1. The van der Waals surface area contributed by atoms with Crippen molar-refractivity contribution in [3.63, 3.8) is 0 Å². The van der Waals surface area contributed by atoms with Crippen LogP contribution < -0.4 is 62.2 Å². The number of para-hydroxylation sites is 2. The number of aromatic nitrogens is 4. The Morgan fingerprint density at radius 3 is 1.40 bits per heavy atom. The van der Waals surface area contributed by atoms with Crippen LogP contribution in [-0.2, 0) is 13.9 Å². The van der Waals surface area contributed by atoms with E-state index in [1.807, 2.05) is 69.3 Å². The predicted octanol–water partition coefficient (Wildman–Crippen LogP) is 12.0. The van der Waals surface area contributed by atoms with E-state index >= 15 is 0 Å². The summed E-state index contributed by atoms with van der Waals surface area (Å²) in [6, 6.07) is 28.4. The van der Waals surface area contributed by atoms with Crippen molar-refractivity contribution in [2.75, 3.05) is 98.1 Å². The van der Waals surface area contributed by atoms with Crippen molar-refractivity contribution in [1.82, 2.24) is 25.3 Å². The summed E-state index contributed by atoms with van der Waals surface area (Å²) in [6.45, 7) is 21.1. The topological polar surface area (TPSA) is 223 Å². The number of amides is 1. The van der Waals surface area contributed by atoms with Gasteiger partial charge in [0.25, 0.3) is 0 Å². The van der Waals surface area contributed by atoms with Crippen LogP contribution in [0.1, 0.15) is 83.3 Å². The van der Waals surface area contributed by atoms with Crippen LogP contribution in [0.3, 0.4) is 0 Å². The van der Waals surface area contributed by atoms with E-state index in [1.165, 1.54) is 48.2 Å². The smallest absolute Gasteiger partial charge is 0.407 e. The number of hydrogen-bond donors (Lipinski definition) is 6. The second-order valence-electron chi connectivity index (χ2n) is 24.4. The molecular weight excluding hydrogens is 1060 g/mol. The van der Waals surface area contributed by atoms with E-state index in [-0.39, 0.29) is 12.1 Å². The van der Waals surface area contributed by atoms with Crippen LogP contribution in [0, 0.1) is 24.7 Å². The number of piperidine rings is 2. The van der Waals surface area contributed by atoms with Gasteiger partial charge in [0.1, 0.15) is 19.9 Å². The number of benzene rings is 4. The first kappa shape index (κ1) is 58.8. The highest BCUT2D eigenvalue weighted by atomic mass is 31.2. The van der Waals surface area contributed by atoms with Crippen molar-refractivity contribution in [3.05, 3.63) is 108 Å². The minimum Gasteiger partial charge on any atom is -0.491 e. The van der Waals surface area contributed by atoms with Crippen molar-refractivity contribution >= 4 is 88.6 Å². The van der Waals surface area contributed by atoms with Crippen molar-refractivity contribution < 1.29 is 28.1 Å². The van der Waals surface area contributed by atoms with E-state index in [0.29, 0.717) is 51.9 Å². The average Bonchev–Trinajstić information content (AvgIpc) is 3.57. The van der Waals surface area contributed by atoms with Gasteiger partial charge in [0.2, 0.25) is 11.9 Å². The SMILES string of the molecule is COc1cnc(Nc2ccc(N3CCC4(CC3)CC(N)C4)c(C)c2)nc1Nc1ccccc1P(C)(C)=O.COc1cnc(Nc2ccc(N3CCC4(CC3)CC(NC(=O)OC(C)(C)C)C4)c(C)c2)nc1Nc1ccccc1P(C)(C)=O. The Hall–Kier alpha value is -6.87. The van der Waals surface area contributed by atoms with Gasteiger partial charge in [-0.1, -0.05) is 24.3 Å². The normalized spacial score (nSPS) is 17.0. The summed E-state index contributed by atoms with van der Waals surface area (Å²) in [5.41, 5.74) is 14.6. The van der Waals surface area contributed by atoms with Gasteiger partial charge in [-0.25, -0.2) is 14.8 Å². The fraction of sp³-hybridized carbons (Fsp3) is 0.459. The van der Waals surface area contributed by atoms with Crippen LogP contribution in [0.5, 0.6) is 11.5 Å². The first-order chi connectivity index (χ1) is 38.4. The minimum atomic E-state index is -2.51. The van der Waals surface area contributed by atoms with Crippen LogP contribution in [0.25, 0.3) is 0 Å². The second kappa shape index (κ2) is 23.9. The number of carbonyl (C=O) groups excluding carboxylic acids is 1. The van der Waals surface area contributed by atoms with Crippen molar-refractivity contribution in [2.24, 2.45) is 16.6 Å². The lowest BCUT2D eigenvalue weighted by Gasteiger charge is -2.52. The molecule has 432 valence electrons. The number of alkyl carbamates (subject to hydrolysis) is 1. The zero-order chi connectivity index (χ0) is 57.9. The first-order valence-corrected chi connectivity index (χ1v) is 33.3. The third kappa shape index (κ3) is 14.4. The third-order valence-electron chi connectivity index (χ3n) is 16.1. The van der Waals surface area contributed by atoms with E-state index in [2.05, 4.69) is 107 Å². The molecule has 2 saturated heterocycles. The van der Waals surface area contributed by atoms with E-state index in [4.69, 9.17) is 19.9 Å². The van der Waals surface area contributed by atoms with Crippen LogP contribution in [0.15, 0.2) is 97.3 Å². The summed E-state index contributed by atoms with van der Waals surface area (Å²) >= 11 is 0. The highest BCUT2D eigenvalue weighted by Gasteiger charge is 2.47. The number of ether oxygens (including phenoxy) is 3. The van der Waals surface area contributed by atoms with Gasteiger partial charge < -0.3 is 65.5 Å². The van der Waals surface area contributed by atoms with Gasteiger partial charge in [-0.05, 0) is 195 Å². The van der Waals surface area contributed by atoms with Gasteiger partial charge in [0.05, 0.1) is 38.0 Å². The molecule has 20 heteroatoms. The molecule has 2 aliphatic carbocycles. The van der Waals surface area contributed by atoms with Gasteiger partial charge in [0.15, 0.2) is 23.1 Å². The summed E-state index contributed by atoms with van der Waals surface area (Å²) in [6.07, 6.45) is 12.0. The molecule has 4 heterocycles. The van der Waals surface area contributed by atoms with E-state index in [1.54, 1.807) is 53.3 Å². The predicted molar refractivity (Wildman–Crippen MR) is 331 cm³/mol. The van der Waals surface area contributed by atoms with Gasteiger partial charge in [-0.2, -0.15) is 9.97 Å². The monoisotopic (exact) mass is 1140 g/mol. The lowest BCUT2D eigenvalue weighted by atomic mass is 9.60. The summed E-state index contributed by atoms with van der Waals surface area (Å²) in [4.78, 5) is 35.3. The molecule has 4 aliphatic rings. The highest BCUT2D eigenvalue weighted by molar-refractivity contribution is 7.70. The maximum atomic E-state index is 12.9. The Bertz CT molecular complexity index is 3310. The average molecular weight is 1140 g/mol. The van der Waals surface area contributed by atoms with Crippen molar-refractivity contribution in [1.29, 1.82) is 0 Å². The lowest BCUT2D eigenvalue weighted by molar-refractivity contribution is 0.0234. The van der Waals surface area contributed by atoms with Crippen LogP contribution >= 0.6 is 14.3 Å². The second-order valence-corrected chi connectivity index (χ2v) is 30.7. The number of hydrogen-bond acceptors (Lipinski definition) is 17. The van der Waals surface area contributed by atoms with Gasteiger partial charge in [-0.3, -0.25) is 0 Å². The molecule has 0 radical (unpaired) electrons. The minimum absolute atomic E-state index is 0.203. The van der Waals surface area contributed by atoms with Gasteiger partial charge in [0, 0.05) is 71.6 Å². The van der Waals surface area contributed by atoms with Gasteiger partial charge >= 0.3 is 6.09 Å². The van der Waals surface area contributed by atoms with Crippen LogP contribution in [0.4, 0.5) is 62.5 Å². The molecular formula is C61H82N12O6P2. The molecule has 18 nitrogen and oxygen atoms in total. The fourth-order valence-electron chi connectivity index (χ4n) is 12.0. The standard InChI is InChI=1S/C33H45N6O4P.C28H37N6O2P/c1-22-18-23(35-30-34-21-27(42-5)29(38-30)37-25-10-8-9-11-28(25)44(6,7)41)12-13-26(22)39-16-14-33(15-17-39)19-24(20-33)36-31(40)43-32(2,3)4;1-19-15-21(9-10-23(19)34-13-11-28(12-14-34)16-20(29)17-28)31-27-30-18-24(36-2)26(33-27)32-22-7-5-6-8-25(22)37(3,4)35/h8-13,18,21,24H,14-17,19-20H2,1-7H3,(H,36,40)(H2,34,35,37,38);5-10,15,18,20H,11-14,16-17,29H2,1-4H3,(H2,30,31,32,33). The lowest BCUT2D eigenvalue weighted by Crippen LogP contribution is -2.55. The number of nitrogens with zero attached hydrogens (tertiary/aromatic N) is 6. The van der Waals surface area contributed by atoms with Crippen molar-refractivity contribution in [3.8, 4) is 11.5 Å². The number of rotatable bonds is 15. The third-order valence-corrected chi connectivity index (χ3v) is 19.2.